The van der Waals surface area contributed by atoms with Crippen molar-refractivity contribution in [3.63, 3.8) is 0 Å². The monoisotopic (exact) mass is 422 g/mol. The van der Waals surface area contributed by atoms with Crippen molar-refractivity contribution in [2.45, 2.75) is 6.04 Å². The molecule has 0 aromatic heterocycles. The van der Waals surface area contributed by atoms with E-state index in [4.69, 9.17) is 9.47 Å². The number of carbonyl (C=O) groups excluding carboxylic acids is 2. The minimum atomic E-state index is -0.670. The number of morpholine rings is 1. The molecule has 7 nitrogen and oxygen atoms in total. The summed E-state index contributed by atoms with van der Waals surface area (Å²) in [6.07, 6.45) is 0. The molecule has 2 aliphatic rings. The van der Waals surface area contributed by atoms with Gasteiger partial charge in [-0.1, -0.05) is 42.5 Å². The van der Waals surface area contributed by atoms with E-state index in [-0.39, 0.29) is 11.3 Å². The molecule has 1 amide bonds. The molecule has 2 aromatic rings. The fourth-order valence-corrected chi connectivity index (χ4v) is 4.09. The number of Topliss-reactive ketones (excluding diaryl/α,β-unsaturated/α-hetero) is 1. The third-order valence-corrected chi connectivity index (χ3v) is 5.76. The highest BCUT2D eigenvalue weighted by atomic mass is 16.5. The largest absolute Gasteiger partial charge is 0.507 e. The van der Waals surface area contributed by atoms with Gasteiger partial charge in [0.05, 0.1) is 31.9 Å². The number of aliphatic hydroxyl groups excluding tert-OH is 1. The van der Waals surface area contributed by atoms with Gasteiger partial charge >= 0.3 is 0 Å². The lowest BCUT2D eigenvalue weighted by molar-refractivity contribution is -0.140. The first-order chi connectivity index (χ1) is 15.1. The van der Waals surface area contributed by atoms with E-state index in [0.717, 1.165) is 18.7 Å². The molecule has 0 bridgehead atoms. The molecule has 0 saturated carbocycles. The molecular formula is C24H26N2O5. The smallest absolute Gasteiger partial charge is 0.295 e. The third kappa shape index (κ3) is 4.33. The van der Waals surface area contributed by atoms with E-state index in [2.05, 4.69) is 4.90 Å². The van der Waals surface area contributed by atoms with Crippen LogP contribution in [0.2, 0.25) is 0 Å². The van der Waals surface area contributed by atoms with Crippen molar-refractivity contribution in [1.82, 2.24) is 9.80 Å². The van der Waals surface area contributed by atoms with Crippen LogP contribution in [-0.4, -0.2) is 73.1 Å². The number of ketones is 1. The van der Waals surface area contributed by atoms with Crippen molar-refractivity contribution >= 4 is 17.4 Å². The van der Waals surface area contributed by atoms with Crippen LogP contribution in [0.1, 0.15) is 17.2 Å². The topological polar surface area (TPSA) is 79.3 Å². The Bertz CT molecular complexity index is 982. The van der Waals surface area contributed by atoms with Crippen LogP contribution < -0.4 is 4.74 Å². The van der Waals surface area contributed by atoms with Crippen LogP contribution >= 0.6 is 0 Å². The summed E-state index contributed by atoms with van der Waals surface area (Å²) in [4.78, 5) is 29.8. The summed E-state index contributed by atoms with van der Waals surface area (Å²) in [6.45, 7) is 3.94. The van der Waals surface area contributed by atoms with Crippen LogP contribution in [0.4, 0.5) is 0 Å². The van der Waals surface area contributed by atoms with Gasteiger partial charge < -0.3 is 19.5 Å². The Morgan fingerprint density at radius 2 is 1.81 bits per heavy atom. The summed E-state index contributed by atoms with van der Waals surface area (Å²) in [6, 6.07) is 15.5. The minimum Gasteiger partial charge on any atom is -0.507 e. The molecule has 4 rings (SSSR count). The van der Waals surface area contributed by atoms with Gasteiger partial charge in [0.25, 0.3) is 11.7 Å². The summed E-state index contributed by atoms with van der Waals surface area (Å²) in [7, 11) is 1.54. The Hall–Kier alpha value is -3.16. The van der Waals surface area contributed by atoms with Gasteiger partial charge in [0.2, 0.25) is 0 Å². The predicted octanol–water partition coefficient (Wildman–Crippen LogP) is 2.45. The van der Waals surface area contributed by atoms with E-state index in [1.54, 1.807) is 29.2 Å². The van der Waals surface area contributed by atoms with E-state index in [1.165, 1.54) is 7.11 Å². The fraction of sp³-hybridized carbons (Fsp3) is 0.333. The Morgan fingerprint density at radius 3 is 2.52 bits per heavy atom. The Morgan fingerprint density at radius 1 is 1.06 bits per heavy atom. The zero-order chi connectivity index (χ0) is 21.8. The number of amides is 1. The van der Waals surface area contributed by atoms with Crippen LogP contribution in [0.5, 0.6) is 5.75 Å². The van der Waals surface area contributed by atoms with Gasteiger partial charge in [-0.15, -0.1) is 0 Å². The number of benzene rings is 2. The maximum absolute atomic E-state index is 13.0. The number of hydrogen-bond donors (Lipinski definition) is 1. The van der Waals surface area contributed by atoms with Crippen molar-refractivity contribution in [1.29, 1.82) is 0 Å². The molecule has 7 heteroatoms. The van der Waals surface area contributed by atoms with Crippen molar-refractivity contribution in [2.75, 3.05) is 46.5 Å². The van der Waals surface area contributed by atoms with Gasteiger partial charge in [-0.3, -0.25) is 14.5 Å². The van der Waals surface area contributed by atoms with Gasteiger partial charge in [0.15, 0.2) is 0 Å². The van der Waals surface area contributed by atoms with Gasteiger partial charge in [-0.2, -0.15) is 0 Å². The van der Waals surface area contributed by atoms with Crippen molar-refractivity contribution < 1.29 is 24.2 Å². The molecule has 2 aliphatic heterocycles. The number of methoxy groups -OCH3 is 1. The lowest BCUT2D eigenvalue weighted by Crippen LogP contribution is -2.42. The molecule has 2 fully saturated rings. The molecule has 0 radical (unpaired) electrons. The summed E-state index contributed by atoms with van der Waals surface area (Å²) in [5, 5.41) is 11.1. The molecule has 1 atom stereocenters. The number of aliphatic hydroxyl groups is 1. The molecule has 1 N–H and O–H groups in total. The van der Waals surface area contributed by atoms with Crippen LogP contribution in [0.25, 0.3) is 5.76 Å². The molecule has 31 heavy (non-hydrogen) atoms. The summed E-state index contributed by atoms with van der Waals surface area (Å²) >= 11 is 0. The van der Waals surface area contributed by atoms with E-state index in [9.17, 15) is 14.7 Å². The molecule has 2 aromatic carbocycles. The second kappa shape index (κ2) is 9.32. The SMILES string of the molecule is COc1cccc(C(O)=C2C(=O)C(=O)N(CCN3CCOCC3)C2c2ccccc2)c1. The second-order valence-corrected chi connectivity index (χ2v) is 7.59. The normalized spacial score (nSPS) is 21.5. The summed E-state index contributed by atoms with van der Waals surface area (Å²) in [5.74, 6) is -0.899. The molecule has 2 saturated heterocycles. The zero-order valence-corrected chi connectivity index (χ0v) is 17.5. The van der Waals surface area contributed by atoms with Gasteiger partial charge in [0, 0.05) is 31.7 Å². The van der Waals surface area contributed by atoms with E-state index < -0.39 is 17.7 Å². The van der Waals surface area contributed by atoms with Crippen molar-refractivity contribution in [3.05, 3.63) is 71.3 Å². The number of nitrogens with zero attached hydrogens (tertiary/aromatic N) is 2. The van der Waals surface area contributed by atoms with Crippen LogP contribution in [0, 0.1) is 0 Å². The average molecular weight is 422 g/mol. The molecule has 0 spiro atoms. The predicted molar refractivity (Wildman–Crippen MR) is 116 cm³/mol. The quantitative estimate of drug-likeness (QED) is 0.438. The van der Waals surface area contributed by atoms with Crippen LogP contribution in [0.15, 0.2) is 60.2 Å². The van der Waals surface area contributed by atoms with Gasteiger partial charge in [0.1, 0.15) is 11.5 Å². The van der Waals surface area contributed by atoms with Crippen molar-refractivity contribution in [2.24, 2.45) is 0 Å². The standard InChI is InChI=1S/C24H26N2O5/c1-30-19-9-5-8-18(16-19)22(27)20-21(17-6-3-2-4-7-17)26(24(29)23(20)28)11-10-25-12-14-31-15-13-25/h2-9,16,21,27H,10-15H2,1H3. The van der Waals surface area contributed by atoms with Gasteiger partial charge in [-0.05, 0) is 17.7 Å². The number of rotatable bonds is 6. The Balaban J connectivity index is 1.72. The second-order valence-electron chi connectivity index (χ2n) is 7.59. The van der Waals surface area contributed by atoms with Crippen molar-refractivity contribution in [3.8, 4) is 5.75 Å². The Labute approximate surface area is 181 Å². The highest BCUT2D eigenvalue weighted by Crippen LogP contribution is 2.39. The van der Waals surface area contributed by atoms with Crippen LogP contribution in [-0.2, 0) is 14.3 Å². The fourth-order valence-electron chi connectivity index (χ4n) is 4.09. The maximum atomic E-state index is 13.0. The lowest BCUT2D eigenvalue weighted by atomic mass is 9.95. The molecule has 1 unspecified atom stereocenters. The van der Waals surface area contributed by atoms with E-state index >= 15 is 0 Å². The number of hydrogen-bond acceptors (Lipinski definition) is 6. The first-order valence-corrected chi connectivity index (χ1v) is 10.4. The minimum absolute atomic E-state index is 0.103. The molecule has 162 valence electrons. The van der Waals surface area contributed by atoms with E-state index in [1.807, 2.05) is 30.3 Å². The third-order valence-electron chi connectivity index (χ3n) is 5.76. The molecule has 0 aliphatic carbocycles. The van der Waals surface area contributed by atoms with Crippen LogP contribution in [0.3, 0.4) is 0 Å². The first kappa shape index (κ1) is 21.1. The maximum Gasteiger partial charge on any atom is 0.295 e. The average Bonchev–Trinajstić information content (AvgIpc) is 3.08. The number of carbonyl (C=O) groups is 2. The summed E-state index contributed by atoms with van der Waals surface area (Å²) < 4.78 is 10.6. The first-order valence-electron chi connectivity index (χ1n) is 10.4. The highest BCUT2D eigenvalue weighted by molar-refractivity contribution is 6.46. The van der Waals surface area contributed by atoms with E-state index in [0.29, 0.717) is 37.6 Å². The summed E-state index contributed by atoms with van der Waals surface area (Å²) in [5.41, 5.74) is 1.33. The van der Waals surface area contributed by atoms with Gasteiger partial charge in [-0.25, -0.2) is 0 Å². The highest BCUT2D eigenvalue weighted by Gasteiger charge is 2.46. The molecular weight excluding hydrogens is 396 g/mol. The molecule has 2 heterocycles. The number of ether oxygens (including phenoxy) is 2. The number of likely N-dealkylation sites (tertiary alicyclic amines) is 1. The Kier molecular flexibility index (Phi) is 6.34. The zero-order valence-electron chi connectivity index (χ0n) is 17.5. The lowest BCUT2D eigenvalue weighted by Gasteiger charge is -2.31.